The fourth-order valence-electron chi connectivity index (χ4n) is 8.47. The number of thiophene rings is 1. The number of ether oxygens (including phenoxy) is 1. The highest BCUT2D eigenvalue weighted by Gasteiger charge is 2.45. The second-order valence-corrected chi connectivity index (χ2v) is 20.1. The predicted octanol–water partition coefficient (Wildman–Crippen LogP) is 7.22. The first-order chi connectivity index (χ1) is 31.9. The Kier molecular flexibility index (Phi) is 13.2. The molecule has 6 aromatic rings. The van der Waals surface area contributed by atoms with Crippen molar-refractivity contribution in [2.45, 2.75) is 92.2 Å². The van der Waals surface area contributed by atoms with Crippen LogP contribution < -0.4 is 20.7 Å². The van der Waals surface area contributed by atoms with E-state index in [1.54, 1.807) is 34.8 Å². The van der Waals surface area contributed by atoms with E-state index in [-0.39, 0.29) is 31.5 Å². The van der Waals surface area contributed by atoms with Crippen LogP contribution in [0.5, 0.6) is 5.75 Å². The fourth-order valence-corrected chi connectivity index (χ4v) is 10.5. The standard InChI is InChI=1S/C49H53N9O7S2/c1-25-28(4)67-47-39(25)40(53-43(54-48(63)64)44-56-55-29(5)58(44)47)33-13-11-31(12-14-33)32-17-19-36(20-18-32)65-23-38(60)52-42(49(6,7)8)46(62)57-22-35(59)21-37(57)45(61)51-26(2)30-9-15-34(16-10-30)41-27(3)50-24-66-41/h9-20,24,26,35,37,42-43,54,59H,21-23H2,1-8H3,(H,51,61)(H,52,60)(H,63,64)/t26-,35+,37-,42+,43?/m0/s1. The number of carbonyl (C=O) groups is 4. The summed E-state index contributed by atoms with van der Waals surface area (Å²) < 4.78 is 7.75. The molecule has 18 heteroatoms. The molecule has 8 rings (SSSR count). The lowest BCUT2D eigenvalue weighted by molar-refractivity contribution is -0.144. The molecule has 1 saturated heterocycles. The van der Waals surface area contributed by atoms with Crippen molar-refractivity contribution in [3.8, 4) is 32.3 Å². The van der Waals surface area contributed by atoms with E-state index in [1.807, 2.05) is 126 Å². The lowest BCUT2D eigenvalue weighted by Crippen LogP contribution is -2.58. The number of nitrogens with zero attached hydrogens (tertiary/aromatic N) is 6. The highest BCUT2D eigenvalue weighted by atomic mass is 32.1. The molecule has 5 heterocycles. The van der Waals surface area contributed by atoms with Crippen LogP contribution >= 0.6 is 22.7 Å². The molecule has 2 aliphatic heterocycles. The molecule has 3 aromatic carbocycles. The largest absolute Gasteiger partial charge is 0.484 e. The summed E-state index contributed by atoms with van der Waals surface area (Å²) in [5.41, 5.74) is 9.12. The van der Waals surface area contributed by atoms with Gasteiger partial charge in [0.1, 0.15) is 28.7 Å². The number of amides is 4. The molecule has 16 nitrogen and oxygen atoms in total. The maximum atomic E-state index is 14.2. The summed E-state index contributed by atoms with van der Waals surface area (Å²) in [6.07, 6.45) is -3.03. The third-order valence-electron chi connectivity index (χ3n) is 12.2. The number of aliphatic imine (C=N–C) groups is 1. The molecule has 0 radical (unpaired) electrons. The lowest BCUT2D eigenvalue weighted by atomic mass is 9.85. The van der Waals surface area contributed by atoms with Crippen molar-refractivity contribution >= 4 is 52.2 Å². The molecule has 0 spiro atoms. The zero-order valence-corrected chi connectivity index (χ0v) is 40.1. The third kappa shape index (κ3) is 9.73. The van der Waals surface area contributed by atoms with Gasteiger partial charge in [-0.25, -0.2) is 9.78 Å². The van der Waals surface area contributed by atoms with Crippen molar-refractivity contribution < 1.29 is 34.1 Å². The van der Waals surface area contributed by atoms with Crippen molar-refractivity contribution in [2.24, 2.45) is 10.4 Å². The average molecular weight is 944 g/mol. The zero-order chi connectivity index (χ0) is 47.9. The van der Waals surface area contributed by atoms with Gasteiger partial charge >= 0.3 is 6.09 Å². The van der Waals surface area contributed by atoms with Crippen molar-refractivity contribution in [1.82, 2.24) is 40.6 Å². The van der Waals surface area contributed by atoms with Crippen LogP contribution in [0.3, 0.4) is 0 Å². The molecule has 2 aliphatic rings. The van der Waals surface area contributed by atoms with Gasteiger partial charge in [0.25, 0.3) is 5.91 Å². The van der Waals surface area contributed by atoms with Crippen LogP contribution in [0.15, 0.2) is 83.3 Å². The van der Waals surface area contributed by atoms with Crippen LogP contribution in [0.25, 0.3) is 26.6 Å². The molecule has 3 aromatic heterocycles. The van der Waals surface area contributed by atoms with Gasteiger partial charge < -0.3 is 30.5 Å². The summed E-state index contributed by atoms with van der Waals surface area (Å²) in [4.78, 5) is 66.0. The summed E-state index contributed by atoms with van der Waals surface area (Å²) in [5, 5.41) is 38.2. The fraction of sp³-hybridized carbons (Fsp3) is 0.347. The number of aromatic nitrogens is 4. The number of carboxylic acid groups (broad SMARTS) is 1. The molecule has 0 bridgehead atoms. The number of aliphatic hydroxyl groups is 1. The van der Waals surface area contributed by atoms with Crippen LogP contribution in [0.4, 0.5) is 4.79 Å². The van der Waals surface area contributed by atoms with Crippen molar-refractivity contribution in [3.05, 3.63) is 123 Å². The van der Waals surface area contributed by atoms with Gasteiger partial charge in [-0.2, -0.15) is 0 Å². The van der Waals surface area contributed by atoms with Gasteiger partial charge in [-0.05, 0) is 80.0 Å². The molecule has 1 unspecified atom stereocenters. The minimum atomic E-state index is -1.23. The number of carbonyl (C=O) groups excluding carboxylic acids is 3. The Balaban J connectivity index is 0.902. The Morgan fingerprint density at radius 1 is 0.881 bits per heavy atom. The van der Waals surface area contributed by atoms with Gasteiger partial charge in [0.05, 0.1) is 33.9 Å². The monoisotopic (exact) mass is 943 g/mol. The highest BCUT2D eigenvalue weighted by Crippen LogP contribution is 2.39. The predicted molar refractivity (Wildman–Crippen MR) is 257 cm³/mol. The van der Waals surface area contributed by atoms with E-state index in [0.29, 0.717) is 23.1 Å². The number of likely N-dealkylation sites (tertiary alicyclic amines) is 1. The molecule has 5 N–H and O–H groups in total. The quantitative estimate of drug-likeness (QED) is 0.0831. The van der Waals surface area contributed by atoms with E-state index in [9.17, 15) is 29.4 Å². The topological polar surface area (TPSA) is 213 Å². The Morgan fingerprint density at radius 2 is 1.52 bits per heavy atom. The maximum absolute atomic E-state index is 14.2. The summed E-state index contributed by atoms with van der Waals surface area (Å²) >= 11 is 3.15. The Hall–Kier alpha value is -6.76. The van der Waals surface area contributed by atoms with E-state index >= 15 is 0 Å². The number of hydrogen-bond acceptors (Lipinski definition) is 12. The van der Waals surface area contributed by atoms with Crippen LogP contribution in [-0.4, -0.2) is 95.7 Å². The number of aliphatic hydroxyl groups excluding tert-OH is 1. The molecule has 1 fully saturated rings. The molecule has 5 atom stereocenters. The van der Waals surface area contributed by atoms with Gasteiger partial charge in [0.2, 0.25) is 11.8 Å². The molecule has 0 aliphatic carbocycles. The first-order valence-corrected chi connectivity index (χ1v) is 23.6. The van der Waals surface area contributed by atoms with Crippen molar-refractivity contribution in [2.75, 3.05) is 13.2 Å². The Labute approximate surface area is 396 Å². The number of fused-ring (bicyclic) bond motifs is 3. The number of benzene rings is 3. The van der Waals surface area contributed by atoms with Gasteiger partial charge in [-0.1, -0.05) is 81.4 Å². The highest BCUT2D eigenvalue weighted by molar-refractivity contribution is 7.15. The van der Waals surface area contributed by atoms with Crippen LogP contribution in [0, 0.1) is 33.1 Å². The average Bonchev–Trinajstić information content (AvgIpc) is 4.06. The molecule has 67 heavy (non-hydrogen) atoms. The Bertz CT molecular complexity index is 2860. The molecule has 348 valence electrons. The van der Waals surface area contributed by atoms with Gasteiger partial charge in [0.15, 0.2) is 18.6 Å². The normalized spacial score (nSPS) is 17.7. The zero-order valence-electron chi connectivity index (χ0n) is 38.4. The number of β-amino-alcohol motifs (C(OH)–C–C–N with tert-alkyl or cyclic N) is 1. The van der Waals surface area contributed by atoms with Crippen LogP contribution in [0.2, 0.25) is 0 Å². The maximum Gasteiger partial charge on any atom is 0.406 e. The van der Waals surface area contributed by atoms with E-state index in [4.69, 9.17) is 9.73 Å². The van der Waals surface area contributed by atoms with Crippen molar-refractivity contribution in [1.29, 1.82) is 0 Å². The molecule has 0 saturated carbocycles. The first kappa shape index (κ1) is 46.8. The number of nitrogens with one attached hydrogen (secondary N) is 3. The first-order valence-electron chi connectivity index (χ1n) is 21.9. The minimum Gasteiger partial charge on any atom is -0.484 e. The van der Waals surface area contributed by atoms with E-state index in [0.717, 1.165) is 59.4 Å². The summed E-state index contributed by atoms with van der Waals surface area (Å²) in [5.74, 6) is 0.0908. The molecular weight excluding hydrogens is 891 g/mol. The SMILES string of the molecule is Cc1ncsc1-c1ccc([C@H](C)NC(=O)[C@@H]2C[C@@H](O)CN2C(=O)[C@@H](NC(=O)COc2ccc(-c3ccc(C4=NC(NC(=O)O)c5nnc(C)n5-c5sc(C)c(C)c54)cc3)cc2)C(C)(C)C)cc1. The van der Waals surface area contributed by atoms with Crippen LogP contribution in [-0.2, 0) is 14.4 Å². The second-order valence-electron chi connectivity index (χ2n) is 18.0. The summed E-state index contributed by atoms with van der Waals surface area (Å²) in [6.45, 7) is 14.8. The van der Waals surface area contributed by atoms with Gasteiger partial charge in [-0.3, -0.25) is 29.3 Å². The molecule has 4 amide bonds. The number of rotatable bonds is 12. The summed E-state index contributed by atoms with van der Waals surface area (Å²) in [7, 11) is 0. The molecular formula is C49H53N9O7S2. The van der Waals surface area contributed by atoms with E-state index in [2.05, 4.69) is 31.1 Å². The minimum absolute atomic E-state index is 0.0407. The smallest absolute Gasteiger partial charge is 0.406 e. The summed E-state index contributed by atoms with van der Waals surface area (Å²) in [6, 6.07) is 20.7. The van der Waals surface area contributed by atoms with E-state index < -0.39 is 47.7 Å². The lowest BCUT2D eigenvalue weighted by Gasteiger charge is -2.35. The second kappa shape index (κ2) is 18.9. The number of thiazole rings is 1. The van der Waals surface area contributed by atoms with Gasteiger partial charge in [-0.15, -0.1) is 32.9 Å². The Morgan fingerprint density at radius 3 is 2.15 bits per heavy atom. The van der Waals surface area contributed by atoms with Crippen molar-refractivity contribution in [3.63, 3.8) is 0 Å². The third-order valence-corrected chi connectivity index (χ3v) is 14.4. The number of hydrogen-bond donors (Lipinski definition) is 5. The van der Waals surface area contributed by atoms with E-state index in [1.165, 1.54) is 4.90 Å². The van der Waals surface area contributed by atoms with Crippen LogP contribution in [0.1, 0.15) is 90.8 Å². The number of aryl methyl sites for hydroxylation is 3. The van der Waals surface area contributed by atoms with Gasteiger partial charge in [0, 0.05) is 29.0 Å².